The Morgan fingerprint density at radius 1 is 1.50 bits per heavy atom. The minimum Gasteiger partial charge on any atom is -0.489 e. The summed E-state index contributed by atoms with van der Waals surface area (Å²) in [6.45, 7) is 3.89. The van der Waals surface area contributed by atoms with Crippen LogP contribution in [0.15, 0.2) is 18.3 Å². The second-order valence-corrected chi connectivity index (χ2v) is 4.16. The van der Waals surface area contributed by atoms with Gasteiger partial charge in [-0.15, -0.1) is 0 Å². The molecule has 1 aromatic carbocycles. The summed E-state index contributed by atoms with van der Waals surface area (Å²) in [5.74, 6) is 0.980. The molecule has 1 aliphatic rings. The number of nitrogens with one attached hydrogen (secondary N) is 2. The number of fused-ring (bicyclic) bond motifs is 3. The van der Waals surface area contributed by atoms with Gasteiger partial charge in [-0.05, 0) is 18.6 Å². The maximum absolute atomic E-state index is 5.97. The highest BCUT2D eigenvalue weighted by molar-refractivity contribution is 5.83. The first kappa shape index (κ1) is 9.66. The number of nitrogens with zero attached hydrogens (tertiary/aromatic N) is 1. The summed E-state index contributed by atoms with van der Waals surface area (Å²) in [5, 5.41) is 11.7. The number of hydrogen-bond donors (Lipinski definition) is 2. The molecule has 1 atom stereocenters. The van der Waals surface area contributed by atoms with Gasteiger partial charge in [0.15, 0.2) is 0 Å². The summed E-state index contributed by atoms with van der Waals surface area (Å²) in [4.78, 5) is 0. The standard InChI is InChI=1S/C12H15N3O/c1-2-9-6-13-7-10-11(16-9)4-3-8-5-14-15-12(8)10/h3-5,9,13H,2,6-7H2,1H3,(H,14,15)/t9-/m1/s1. The second kappa shape index (κ2) is 3.79. The predicted octanol–water partition coefficient (Wildman–Crippen LogP) is 1.82. The molecule has 0 fully saturated rings. The van der Waals surface area contributed by atoms with E-state index < -0.39 is 0 Å². The van der Waals surface area contributed by atoms with E-state index in [0.29, 0.717) is 0 Å². The fraction of sp³-hybridized carbons (Fsp3) is 0.417. The van der Waals surface area contributed by atoms with Gasteiger partial charge in [0.1, 0.15) is 11.9 Å². The van der Waals surface area contributed by atoms with E-state index in [2.05, 4.69) is 28.5 Å². The van der Waals surface area contributed by atoms with Crippen molar-refractivity contribution in [2.75, 3.05) is 6.54 Å². The van der Waals surface area contributed by atoms with Crippen LogP contribution in [-0.4, -0.2) is 22.8 Å². The van der Waals surface area contributed by atoms with Crippen LogP contribution in [-0.2, 0) is 6.54 Å². The van der Waals surface area contributed by atoms with Crippen molar-refractivity contribution in [2.45, 2.75) is 26.0 Å². The highest BCUT2D eigenvalue weighted by Gasteiger charge is 2.18. The number of H-pyrrole nitrogens is 1. The van der Waals surface area contributed by atoms with Crippen molar-refractivity contribution in [1.29, 1.82) is 0 Å². The Labute approximate surface area is 94.0 Å². The third-order valence-corrected chi connectivity index (χ3v) is 3.10. The van der Waals surface area contributed by atoms with Crippen molar-refractivity contribution < 1.29 is 4.74 Å². The summed E-state index contributed by atoms with van der Waals surface area (Å²) < 4.78 is 5.97. The van der Waals surface area contributed by atoms with Crippen molar-refractivity contribution in [3.8, 4) is 5.75 Å². The molecule has 2 aromatic rings. The number of aromatic amines is 1. The van der Waals surface area contributed by atoms with Gasteiger partial charge in [-0.2, -0.15) is 5.10 Å². The normalized spacial score (nSPS) is 20.2. The van der Waals surface area contributed by atoms with E-state index >= 15 is 0 Å². The fourth-order valence-electron chi connectivity index (χ4n) is 2.15. The Morgan fingerprint density at radius 2 is 2.44 bits per heavy atom. The van der Waals surface area contributed by atoms with E-state index in [1.165, 1.54) is 5.56 Å². The Hall–Kier alpha value is -1.55. The molecule has 0 radical (unpaired) electrons. The zero-order chi connectivity index (χ0) is 11.0. The molecule has 2 N–H and O–H groups in total. The Balaban J connectivity index is 2.11. The van der Waals surface area contributed by atoms with Gasteiger partial charge < -0.3 is 10.1 Å². The summed E-state index contributed by atoms with van der Waals surface area (Å²) in [6.07, 6.45) is 3.13. The van der Waals surface area contributed by atoms with E-state index in [0.717, 1.165) is 36.2 Å². The maximum Gasteiger partial charge on any atom is 0.126 e. The number of rotatable bonds is 1. The summed E-state index contributed by atoms with van der Waals surface area (Å²) >= 11 is 0. The Kier molecular flexibility index (Phi) is 2.29. The number of benzene rings is 1. The number of ether oxygens (including phenoxy) is 1. The first-order valence-electron chi connectivity index (χ1n) is 5.71. The lowest BCUT2D eigenvalue weighted by Crippen LogP contribution is -2.27. The van der Waals surface area contributed by atoms with Crippen molar-refractivity contribution in [2.24, 2.45) is 0 Å². The van der Waals surface area contributed by atoms with Gasteiger partial charge >= 0.3 is 0 Å². The van der Waals surface area contributed by atoms with Crippen molar-refractivity contribution in [3.05, 3.63) is 23.9 Å². The van der Waals surface area contributed by atoms with E-state index in [1.807, 2.05) is 12.3 Å². The number of hydrogen-bond acceptors (Lipinski definition) is 3. The maximum atomic E-state index is 5.97. The molecule has 4 heteroatoms. The first-order valence-corrected chi connectivity index (χ1v) is 5.71. The van der Waals surface area contributed by atoms with Crippen LogP contribution in [0.3, 0.4) is 0 Å². The minimum atomic E-state index is 0.265. The number of aromatic nitrogens is 2. The van der Waals surface area contributed by atoms with Crippen molar-refractivity contribution in [3.63, 3.8) is 0 Å². The van der Waals surface area contributed by atoms with Gasteiger partial charge in [0.05, 0.1) is 11.7 Å². The average Bonchev–Trinajstić information content (AvgIpc) is 2.68. The van der Waals surface area contributed by atoms with Crippen LogP contribution < -0.4 is 10.1 Å². The van der Waals surface area contributed by atoms with Gasteiger partial charge in [-0.3, -0.25) is 5.10 Å². The first-order chi connectivity index (χ1) is 7.88. The third-order valence-electron chi connectivity index (χ3n) is 3.10. The summed E-state index contributed by atoms with van der Waals surface area (Å²) in [5.41, 5.74) is 2.27. The molecule has 84 valence electrons. The lowest BCUT2D eigenvalue weighted by atomic mass is 10.1. The molecule has 0 amide bonds. The molecule has 3 rings (SSSR count). The Bertz CT molecular complexity index is 506. The molecule has 4 nitrogen and oxygen atoms in total. The topological polar surface area (TPSA) is 49.9 Å². The van der Waals surface area contributed by atoms with Crippen LogP contribution >= 0.6 is 0 Å². The zero-order valence-corrected chi connectivity index (χ0v) is 9.29. The lowest BCUT2D eigenvalue weighted by Gasteiger charge is -2.14. The molecule has 16 heavy (non-hydrogen) atoms. The van der Waals surface area contributed by atoms with E-state index in [4.69, 9.17) is 4.74 Å². The smallest absolute Gasteiger partial charge is 0.126 e. The van der Waals surface area contributed by atoms with Crippen LogP contribution in [0.5, 0.6) is 5.75 Å². The van der Waals surface area contributed by atoms with Crippen molar-refractivity contribution in [1.82, 2.24) is 15.5 Å². The highest BCUT2D eigenvalue weighted by Crippen LogP contribution is 2.28. The van der Waals surface area contributed by atoms with Gasteiger partial charge in [0, 0.05) is 24.0 Å². The monoisotopic (exact) mass is 217 g/mol. The third kappa shape index (κ3) is 1.46. The largest absolute Gasteiger partial charge is 0.489 e. The molecule has 0 bridgehead atoms. The minimum absolute atomic E-state index is 0.265. The molecule has 0 saturated heterocycles. The predicted molar refractivity (Wildman–Crippen MR) is 62.5 cm³/mol. The molecule has 1 aliphatic heterocycles. The fourth-order valence-corrected chi connectivity index (χ4v) is 2.15. The average molecular weight is 217 g/mol. The summed E-state index contributed by atoms with van der Waals surface area (Å²) in [6, 6.07) is 4.10. The summed E-state index contributed by atoms with van der Waals surface area (Å²) in [7, 11) is 0. The van der Waals surface area contributed by atoms with Gasteiger partial charge in [0.2, 0.25) is 0 Å². The van der Waals surface area contributed by atoms with Gasteiger partial charge in [-0.25, -0.2) is 0 Å². The zero-order valence-electron chi connectivity index (χ0n) is 9.29. The molecule has 1 aromatic heterocycles. The van der Waals surface area contributed by atoms with Crippen LogP contribution in [0.2, 0.25) is 0 Å². The highest BCUT2D eigenvalue weighted by atomic mass is 16.5. The molecule has 0 aliphatic carbocycles. The molecule has 2 heterocycles. The molecular weight excluding hydrogens is 202 g/mol. The van der Waals surface area contributed by atoms with Gasteiger partial charge in [-0.1, -0.05) is 6.92 Å². The van der Waals surface area contributed by atoms with Crippen LogP contribution in [0.25, 0.3) is 10.9 Å². The second-order valence-electron chi connectivity index (χ2n) is 4.16. The molecular formula is C12H15N3O. The van der Waals surface area contributed by atoms with Crippen LogP contribution in [0.1, 0.15) is 18.9 Å². The lowest BCUT2D eigenvalue weighted by molar-refractivity contribution is 0.202. The molecule has 0 unspecified atom stereocenters. The van der Waals surface area contributed by atoms with E-state index in [-0.39, 0.29) is 6.10 Å². The molecule has 0 spiro atoms. The quantitative estimate of drug-likeness (QED) is 0.766. The van der Waals surface area contributed by atoms with E-state index in [1.54, 1.807) is 0 Å². The van der Waals surface area contributed by atoms with E-state index in [9.17, 15) is 0 Å². The molecule has 0 saturated carbocycles. The van der Waals surface area contributed by atoms with Gasteiger partial charge in [0.25, 0.3) is 0 Å². The van der Waals surface area contributed by atoms with Crippen LogP contribution in [0.4, 0.5) is 0 Å². The Morgan fingerprint density at radius 3 is 3.31 bits per heavy atom. The SMILES string of the molecule is CC[C@@H]1CNCc2c(ccc3cn[nH]c23)O1. The van der Waals surface area contributed by atoms with Crippen molar-refractivity contribution >= 4 is 10.9 Å². The van der Waals surface area contributed by atoms with Crippen LogP contribution in [0, 0.1) is 0 Å².